The zero-order chi connectivity index (χ0) is 15.0. The molecule has 2 heterocycles. The summed E-state index contributed by atoms with van der Waals surface area (Å²) in [5, 5.41) is 2.61. The Labute approximate surface area is 114 Å². The van der Waals surface area contributed by atoms with Crippen molar-refractivity contribution < 1.29 is 22.8 Å². The van der Waals surface area contributed by atoms with E-state index in [1.54, 1.807) is 0 Å². The van der Waals surface area contributed by atoms with Gasteiger partial charge in [-0.15, -0.1) is 0 Å². The van der Waals surface area contributed by atoms with Gasteiger partial charge in [0.2, 0.25) is 11.8 Å². The van der Waals surface area contributed by atoms with Crippen LogP contribution in [-0.2, 0) is 9.59 Å². The first-order chi connectivity index (χ1) is 9.28. The molecule has 0 radical (unpaired) electrons. The number of halogens is 3. The summed E-state index contributed by atoms with van der Waals surface area (Å²) in [6, 6.07) is 0. The number of piperidine rings is 1. The summed E-state index contributed by atoms with van der Waals surface area (Å²) >= 11 is 0. The van der Waals surface area contributed by atoms with Crippen molar-refractivity contribution in [3.8, 4) is 0 Å². The molecule has 20 heavy (non-hydrogen) atoms. The van der Waals surface area contributed by atoms with Crippen LogP contribution in [0.5, 0.6) is 0 Å². The molecule has 5 nitrogen and oxygen atoms in total. The van der Waals surface area contributed by atoms with Crippen molar-refractivity contribution in [1.82, 2.24) is 10.2 Å². The number of primary amides is 1. The smallest absolute Gasteiger partial charge is 0.369 e. The molecule has 2 rings (SSSR count). The van der Waals surface area contributed by atoms with Crippen LogP contribution in [0.2, 0.25) is 0 Å². The Kier molecular flexibility index (Phi) is 3.95. The Bertz CT molecular complexity index is 405. The zero-order valence-electron chi connectivity index (χ0n) is 11.0. The Balaban J connectivity index is 2.18. The molecule has 2 aliphatic rings. The third kappa shape index (κ3) is 2.48. The summed E-state index contributed by atoms with van der Waals surface area (Å²) in [5.74, 6) is -2.04. The van der Waals surface area contributed by atoms with Crippen molar-refractivity contribution in [3.05, 3.63) is 0 Å². The van der Waals surface area contributed by atoms with Gasteiger partial charge in [-0.1, -0.05) is 0 Å². The van der Waals surface area contributed by atoms with E-state index in [1.165, 1.54) is 0 Å². The van der Waals surface area contributed by atoms with Crippen LogP contribution in [0.15, 0.2) is 0 Å². The Hall–Kier alpha value is -1.31. The molecule has 0 aliphatic carbocycles. The number of hydrogen-bond acceptors (Lipinski definition) is 3. The van der Waals surface area contributed by atoms with Gasteiger partial charge in [-0.3, -0.25) is 9.59 Å². The number of likely N-dealkylation sites (tertiary alicyclic amines) is 1. The van der Waals surface area contributed by atoms with Crippen molar-refractivity contribution in [1.29, 1.82) is 0 Å². The van der Waals surface area contributed by atoms with Crippen molar-refractivity contribution in [3.63, 3.8) is 0 Å². The van der Waals surface area contributed by atoms with Gasteiger partial charge in [-0.05, 0) is 25.8 Å². The first-order valence-electron chi connectivity index (χ1n) is 6.64. The number of nitrogens with one attached hydrogen (secondary N) is 1. The summed E-state index contributed by atoms with van der Waals surface area (Å²) in [6.45, 7) is 0.0118. The van der Waals surface area contributed by atoms with Crippen LogP contribution in [0.1, 0.15) is 19.3 Å². The first-order valence-corrected chi connectivity index (χ1v) is 6.64. The highest BCUT2D eigenvalue weighted by Gasteiger charge is 2.62. The van der Waals surface area contributed by atoms with Gasteiger partial charge in [-0.25, -0.2) is 0 Å². The minimum absolute atomic E-state index is 0.00794. The van der Waals surface area contributed by atoms with Gasteiger partial charge in [-0.2, -0.15) is 13.2 Å². The lowest BCUT2D eigenvalue weighted by atomic mass is 9.83. The molecule has 0 aromatic rings. The molecule has 0 aromatic carbocycles. The molecule has 114 valence electrons. The first kappa shape index (κ1) is 15.1. The molecule has 0 spiro atoms. The van der Waals surface area contributed by atoms with Gasteiger partial charge in [0.05, 0.1) is 5.92 Å². The minimum atomic E-state index is -4.59. The van der Waals surface area contributed by atoms with E-state index >= 15 is 0 Å². The monoisotopic (exact) mass is 293 g/mol. The van der Waals surface area contributed by atoms with E-state index in [4.69, 9.17) is 5.73 Å². The fourth-order valence-corrected chi connectivity index (χ4v) is 2.93. The molecular formula is C12H18F3N3O2. The number of rotatable bonds is 2. The number of nitrogens with zero attached hydrogens (tertiary/aromatic N) is 1. The summed E-state index contributed by atoms with van der Waals surface area (Å²) < 4.78 is 39.9. The Morgan fingerprint density at radius 1 is 1.35 bits per heavy atom. The summed E-state index contributed by atoms with van der Waals surface area (Å²) in [6.07, 6.45) is -3.82. The van der Waals surface area contributed by atoms with E-state index in [1.807, 2.05) is 0 Å². The fraction of sp³-hybridized carbons (Fsp3) is 0.833. The van der Waals surface area contributed by atoms with E-state index in [-0.39, 0.29) is 26.1 Å². The van der Waals surface area contributed by atoms with Gasteiger partial charge in [0.1, 0.15) is 0 Å². The second kappa shape index (κ2) is 5.23. The maximum atomic E-state index is 13.3. The van der Waals surface area contributed by atoms with Crippen LogP contribution in [0.25, 0.3) is 0 Å². The topological polar surface area (TPSA) is 75.4 Å². The van der Waals surface area contributed by atoms with Crippen molar-refractivity contribution in [2.75, 3.05) is 26.2 Å². The van der Waals surface area contributed by atoms with Crippen molar-refractivity contribution in [2.24, 2.45) is 17.1 Å². The van der Waals surface area contributed by atoms with E-state index in [9.17, 15) is 22.8 Å². The SMILES string of the molecule is NC(=O)C1CCCN(C(=O)C2(C(F)(F)F)CCNC2)C1. The van der Waals surface area contributed by atoms with Crippen LogP contribution in [0, 0.1) is 11.3 Å². The number of amides is 2. The van der Waals surface area contributed by atoms with E-state index in [2.05, 4.69) is 5.32 Å². The molecule has 2 aliphatic heterocycles. The maximum absolute atomic E-state index is 13.3. The fourth-order valence-electron chi connectivity index (χ4n) is 2.93. The molecule has 0 saturated carbocycles. The maximum Gasteiger partial charge on any atom is 0.404 e. The molecule has 0 aromatic heterocycles. The summed E-state index contributed by atoms with van der Waals surface area (Å²) in [7, 11) is 0. The highest BCUT2D eigenvalue weighted by molar-refractivity contribution is 5.85. The molecule has 3 N–H and O–H groups in total. The van der Waals surface area contributed by atoms with E-state index in [0.29, 0.717) is 12.8 Å². The lowest BCUT2D eigenvalue weighted by Crippen LogP contribution is -2.56. The van der Waals surface area contributed by atoms with Gasteiger partial charge in [0, 0.05) is 19.6 Å². The summed E-state index contributed by atoms with van der Waals surface area (Å²) in [4.78, 5) is 24.7. The third-order valence-corrected chi connectivity index (χ3v) is 4.22. The standard InChI is InChI=1S/C12H18F3N3O2/c13-12(14,15)11(3-4-17-7-11)10(20)18-5-1-2-8(6-18)9(16)19/h8,17H,1-7H2,(H2,16,19). The predicted octanol–water partition coefficient (Wildman–Crippen LogP) is 0.252. The van der Waals surface area contributed by atoms with Gasteiger partial charge >= 0.3 is 6.18 Å². The third-order valence-electron chi connectivity index (χ3n) is 4.22. The van der Waals surface area contributed by atoms with Gasteiger partial charge < -0.3 is 16.0 Å². The number of nitrogens with two attached hydrogens (primary N) is 1. The van der Waals surface area contributed by atoms with E-state index < -0.39 is 35.9 Å². The number of hydrogen-bond donors (Lipinski definition) is 2. The van der Waals surface area contributed by atoms with Crippen molar-refractivity contribution in [2.45, 2.75) is 25.4 Å². The van der Waals surface area contributed by atoms with Crippen LogP contribution in [-0.4, -0.2) is 49.1 Å². The average molecular weight is 293 g/mol. The molecule has 2 unspecified atom stereocenters. The predicted molar refractivity (Wildman–Crippen MR) is 64.5 cm³/mol. The normalized spacial score (nSPS) is 31.4. The lowest BCUT2D eigenvalue weighted by molar-refractivity contribution is -0.222. The lowest BCUT2D eigenvalue weighted by Gasteiger charge is -2.38. The zero-order valence-corrected chi connectivity index (χ0v) is 11.0. The average Bonchev–Trinajstić information content (AvgIpc) is 2.88. The molecule has 2 fully saturated rings. The van der Waals surface area contributed by atoms with Gasteiger partial charge in [0.15, 0.2) is 5.41 Å². The van der Waals surface area contributed by atoms with Crippen LogP contribution in [0.3, 0.4) is 0 Å². The van der Waals surface area contributed by atoms with Crippen LogP contribution >= 0.6 is 0 Å². The molecule has 2 amide bonds. The minimum Gasteiger partial charge on any atom is -0.369 e. The second-order valence-corrected chi connectivity index (χ2v) is 5.50. The van der Waals surface area contributed by atoms with Gasteiger partial charge in [0.25, 0.3) is 0 Å². The number of carbonyl (C=O) groups excluding carboxylic acids is 2. The Morgan fingerprint density at radius 2 is 2.05 bits per heavy atom. The summed E-state index contributed by atoms with van der Waals surface area (Å²) in [5.41, 5.74) is 2.84. The molecule has 2 saturated heterocycles. The molecule has 2 atom stereocenters. The molecular weight excluding hydrogens is 275 g/mol. The highest BCUT2D eigenvalue weighted by Crippen LogP contribution is 2.44. The quantitative estimate of drug-likeness (QED) is 0.766. The number of carbonyl (C=O) groups is 2. The van der Waals surface area contributed by atoms with Crippen molar-refractivity contribution >= 4 is 11.8 Å². The second-order valence-electron chi connectivity index (χ2n) is 5.50. The molecule has 8 heteroatoms. The van der Waals surface area contributed by atoms with Crippen LogP contribution in [0.4, 0.5) is 13.2 Å². The number of alkyl halides is 3. The Morgan fingerprint density at radius 3 is 2.55 bits per heavy atom. The molecule has 0 bridgehead atoms. The van der Waals surface area contributed by atoms with Crippen LogP contribution < -0.4 is 11.1 Å². The highest BCUT2D eigenvalue weighted by atomic mass is 19.4. The largest absolute Gasteiger partial charge is 0.404 e. The van der Waals surface area contributed by atoms with E-state index in [0.717, 1.165) is 4.90 Å².